The van der Waals surface area contributed by atoms with Crippen molar-refractivity contribution in [3.63, 3.8) is 0 Å². The zero-order valence-electron chi connectivity index (χ0n) is 9.32. The second-order valence-electron chi connectivity index (χ2n) is 3.32. The third-order valence-corrected chi connectivity index (χ3v) is 2.06. The van der Waals surface area contributed by atoms with Gasteiger partial charge >= 0.3 is 0 Å². The Morgan fingerprint density at radius 3 is 2.41 bits per heavy atom. The van der Waals surface area contributed by atoms with E-state index in [0.29, 0.717) is 5.88 Å². The monoisotopic (exact) mass is 227 g/mol. The average molecular weight is 227 g/mol. The molecule has 1 aromatic carbocycles. The van der Waals surface area contributed by atoms with Crippen LogP contribution in [-0.2, 0) is 0 Å². The van der Waals surface area contributed by atoms with Crippen molar-refractivity contribution in [1.29, 1.82) is 0 Å². The van der Waals surface area contributed by atoms with E-state index in [1.165, 1.54) is 0 Å². The van der Waals surface area contributed by atoms with Crippen molar-refractivity contribution in [3.8, 4) is 11.6 Å². The van der Waals surface area contributed by atoms with Crippen LogP contribution < -0.4 is 9.47 Å². The van der Waals surface area contributed by atoms with Crippen molar-refractivity contribution in [2.24, 2.45) is 0 Å². The van der Waals surface area contributed by atoms with Gasteiger partial charge in [-0.25, -0.2) is 4.98 Å². The highest BCUT2D eigenvalue weighted by molar-refractivity contribution is 5.21. The molecular formula is C14H13NO2. The number of ether oxygens (including phenoxy) is 2. The van der Waals surface area contributed by atoms with Gasteiger partial charge in [0, 0.05) is 12.3 Å². The third kappa shape index (κ3) is 3.34. The molecule has 1 heterocycles. The second-order valence-corrected chi connectivity index (χ2v) is 3.32. The first-order valence-electron chi connectivity index (χ1n) is 5.30. The van der Waals surface area contributed by atoms with Gasteiger partial charge in [0.15, 0.2) is 0 Å². The molecule has 0 saturated heterocycles. The van der Waals surface area contributed by atoms with E-state index >= 15 is 0 Å². The minimum absolute atomic E-state index is 0.508. The largest absolute Gasteiger partial charge is 0.451 e. The van der Waals surface area contributed by atoms with Gasteiger partial charge in [0.25, 0.3) is 6.29 Å². The Balaban J connectivity index is 2.01. The predicted octanol–water partition coefficient (Wildman–Crippen LogP) is 3.05. The summed E-state index contributed by atoms with van der Waals surface area (Å²) in [6.45, 7) is 3.68. The van der Waals surface area contributed by atoms with Crippen molar-refractivity contribution >= 4 is 0 Å². The fourth-order valence-corrected chi connectivity index (χ4v) is 1.29. The Hall–Kier alpha value is -2.29. The zero-order chi connectivity index (χ0) is 11.9. The molecule has 0 aliphatic carbocycles. The summed E-state index contributed by atoms with van der Waals surface area (Å²) in [5.41, 5.74) is 0. The fourth-order valence-electron chi connectivity index (χ4n) is 1.29. The number of aromatic nitrogens is 1. The minimum atomic E-state index is -0.549. The van der Waals surface area contributed by atoms with E-state index in [1.54, 1.807) is 18.3 Å². The lowest BCUT2D eigenvalue weighted by Gasteiger charge is -2.16. The summed E-state index contributed by atoms with van der Waals surface area (Å²) in [6.07, 6.45) is 2.70. The van der Waals surface area contributed by atoms with Crippen molar-refractivity contribution in [1.82, 2.24) is 4.98 Å². The Kier molecular flexibility index (Phi) is 3.76. The van der Waals surface area contributed by atoms with Crippen LogP contribution in [0.1, 0.15) is 0 Å². The van der Waals surface area contributed by atoms with Gasteiger partial charge < -0.3 is 9.47 Å². The Bertz CT molecular complexity index is 415. The van der Waals surface area contributed by atoms with Crippen LogP contribution in [0.3, 0.4) is 0 Å². The molecule has 0 aliphatic heterocycles. The maximum atomic E-state index is 5.59. The van der Waals surface area contributed by atoms with Crippen LogP contribution >= 0.6 is 0 Å². The smallest absolute Gasteiger partial charge is 0.262 e. The van der Waals surface area contributed by atoms with Crippen LogP contribution in [0.2, 0.25) is 0 Å². The molecule has 0 bridgehead atoms. The van der Waals surface area contributed by atoms with Gasteiger partial charge in [-0.05, 0) is 24.3 Å². The van der Waals surface area contributed by atoms with Crippen LogP contribution in [-0.4, -0.2) is 11.3 Å². The third-order valence-electron chi connectivity index (χ3n) is 2.06. The van der Waals surface area contributed by atoms with Crippen molar-refractivity contribution in [2.75, 3.05) is 0 Å². The van der Waals surface area contributed by atoms with Gasteiger partial charge in [-0.15, -0.1) is 0 Å². The molecule has 0 spiro atoms. The number of hydrogen-bond acceptors (Lipinski definition) is 3. The summed E-state index contributed by atoms with van der Waals surface area (Å²) in [5.74, 6) is 1.24. The number of para-hydroxylation sites is 1. The van der Waals surface area contributed by atoms with Gasteiger partial charge in [0.05, 0.1) is 0 Å². The van der Waals surface area contributed by atoms with E-state index < -0.39 is 6.29 Å². The summed E-state index contributed by atoms with van der Waals surface area (Å²) in [4.78, 5) is 4.06. The van der Waals surface area contributed by atoms with E-state index in [0.717, 1.165) is 5.75 Å². The summed E-state index contributed by atoms with van der Waals surface area (Å²) in [7, 11) is 0. The van der Waals surface area contributed by atoms with Gasteiger partial charge in [0.1, 0.15) is 5.75 Å². The van der Waals surface area contributed by atoms with Crippen LogP contribution in [0.15, 0.2) is 67.4 Å². The van der Waals surface area contributed by atoms with Gasteiger partial charge in [-0.2, -0.15) is 0 Å². The Labute approximate surface area is 100 Å². The number of pyridine rings is 1. The average Bonchev–Trinajstić information content (AvgIpc) is 2.40. The maximum Gasteiger partial charge on any atom is 0.262 e. The molecule has 0 N–H and O–H groups in total. The first-order valence-corrected chi connectivity index (χ1v) is 5.30. The molecule has 1 aromatic heterocycles. The van der Waals surface area contributed by atoms with Crippen LogP contribution in [0.25, 0.3) is 0 Å². The molecule has 17 heavy (non-hydrogen) atoms. The maximum absolute atomic E-state index is 5.59. The van der Waals surface area contributed by atoms with Crippen LogP contribution in [0.4, 0.5) is 0 Å². The molecule has 86 valence electrons. The number of benzene rings is 1. The quantitative estimate of drug-likeness (QED) is 0.581. The summed E-state index contributed by atoms with van der Waals surface area (Å²) in [5, 5.41) is 0. The number of nitrogens with zero attached hydrogens (tertiary/aromatic N) is 1. The lowest BCUT2D eigenvalue weighted by molar-refractivity contribution is 0.0436. The number of rotatable bonds is 5. The Morgan fingerprint density at radius 2 is 1.76 bits per heavy atom. The lowest BCUT2D eigenvalue weighted by atomic mass is 10.3. The topological polar surface area (TPSA) is 31.4 Å². The van der Waals surface area contributed by atoms with Gasteiger partial charge in [-0.1, -0.05) is 30.8 Å². The second kappa shape index (κ2) is 5.70. The number of hydrogen-bond donors (Lipinski definition) is 0. The van der Waals surface area contributed by atoms with E-state index in [2.05, 4.69) is 11.6 Å². The summed E-state index contributed by atoms with van der Waals surface area (Å²) in [6, 6.07) is 14.9. The van der Waals surface area contributed by atoms with E-state index in [9.17, 15) is 0 Å². The van der Waals surface area contributed by atoms with Crippen LogP contribution in [0.5, 0.6) is 11.6 Å². The van der Waals surface area contributed by atoms with E-state index in [4.69, 9.17) is 9.47 Å². The molecule has 0 fully saturated rings. The molecule has 1 atom stereocenters. The normalized spacial score (nSPS) is 11.5. The van der Waals surface area contributed by atoms with E-state index in [1.807, 2.05) is 42.5 Å². The zero-order valence-corrected chi connectivity index (χ0v) is 9.32. The van der Waals surface area contributed by atoms with E-state index in [-0.39, 0.29) is 0 Å². The highest BCUT2D eigenvalue weighted by Gasteiger charge is 2.07. The fraction of sp³-hybridized carbons (Fsp3) is 0.0714. The minimum Gasteiger partial charge on any atom is -0.451 e. The van der Waals surface area contributed by atoms with Crippen LogP contribution in [0, 0.1) is 0 Å². The Morgan fingerprint density at radius 1 is 1.00 bits per heavy atom. The predicted molar refractivity (Wildman–Crippen MR) is 65.9 cm³/mol. The lowest BCUT2D eigenvalue weighted by Crippen LogP contribution is -2.21. The van der Waals surface area contributed by atoms with Gasteiger partial charge in [-0.3, -0.25) is 0 Å². The molecular weight excluding hydrogens is 214 g/mol. The van der Waals surface area contributed by atoms with Crippen molar-refractivity contribution in [3.05, 3.63) is 67.4 Å². The highest BCUT2D eigenvalue weighted by atomic mass is 16.7. The molecule has 0 aliphatic rings. The SMILES string of the molecule is C=CC(Oc1ccccc1)Oc1ccccn1. The highest BCUT2D eigenvalue weighted by Crippen LogP contribution is 2.14. The van der Waals surface area contributed by atoms with Crippen molar-refractivity contribution < 1.29 is 9.47 Å². The molecule has 3 nitrogen and oxygen atoms in total. The first kappa shape index (κ1) is 11.2. The molecule has 3 heteroatoms. The molecule has 2 rings (SSSR count). The molecule has 0 amide bonds. The van der Waals surface area contributed by atoms with Gasteiger partial charge in [0.2, 0.25) is 5.88 Å². The molecule has 0 radical (unpaired) electrons. The standard InChI is InChI=1S/C14H13NO2/c1-2-14(16-12-8-4-3-5-9-12)17-13-10-6-7-11-15-13/h2-11,14H,1H2. The molecule has 0 saturated carbocycles. The first-order chi connectivity index (χ1) is 8.38. The summed E-state index contributed by atoms with van der Waals surface area (Å²) < 4.78 is 11.1. The van der Waals surface area contributed by atoms with Crippen molar-refractivity contribution in [2.45, 2.75) is 6.29 Å². The molecule has 1 unspecified atom stereocenters. The summed E-state index contributed by atoms with van der Waals surface area (Å²) >= 11 is 0. The molecule has 2 aromatic rings.